The molecule has 36 heavy (non-hydrogen) atoms. The minimum absolute atomic E-state index is 0.114. The first-order valence-corrected chi connectivity index (χ1v) is 13.7. The first-order chi connectivity index (χ1) is 17.2. The van der Waals surface area contributed by atoms with E-state index in [1.807, 2.05) is 24.4 Å². The van der Waals surface area contributed by atoms with Crippen LogP contribution in [0.1, 0.15) is 48.5 Å². The molecule has 0 saturated carbocycles. The highest BCUT2D eigenvalue weighted by Crippen LogP contribution is 2.37. The van der Waals surface area contributed by atoms with Crippen molar-refractivity contribution in [3.05, 3.63) is 64.0 Å². The Balaban J connectivity index is 1.69. The largest absolute Gasteiger partial charge is 0.493 e. The lowest BCUT2D eigenvalue weighted by atomic mass is 10.0. The maximum atomic E-state index is 12.0. The van der Waals surface area contributed by atoms with Gasteiger partial charge in [-0.2, -0.15) is 0 Å². The average Bonchev–Trinajstić information content (AvgIpc) is 3.49. The van der Waals surface area contributed by atoms with Crippen LogP contribution in [0.3, 0.4) is 0 Å². The van der Waals surface area contributed by atoms with E-state index in [1.54, 1.807) is 23.6 Å². The summed E-state index contributed by atoms with van der Waals surface area (Å²) in [5, 5.41) is 15.6. The van der Waals surface area contributed by atoms with E-state index in [9.17, 15) is 9.90 Å². The zero-order valence-electron chi connectivity index (χ0n) is 21.2. The minimum atomic E-state index is -1.03. The zero-order chi connectivity index (χ0) is 25.8. The number of thiophene rings is 1. The van der Waals surface area contributed by atoms with E-state index in [4.69, 9.17) is 9.72 Å². The van der Waals surface area contributed by atoms with Gasteiger partial charge in [-0.05, 0) is 54.3 Å². The van der Waals surface area contributed by atoms with E-state index >= 15 is 0 Å². The Morgan fingerprint density at radius 2 is 1.92 bits per heavy atom. The molecule has 6 nitrogen and oxygen atoms in total. The molecule has 0 fully saturated rings. The predicted octanol–water partition coefficient (Wildman–Crippen LogP) is 7.92. The molecule has 3 heterocycles. The van der Waals surface area contributed by atoms with Gasteiger partial charge >= 0.3 is 5.97 Å². The molecule has 0 aliphatic heterocycles. The van der Waals surface area contributed by atoms with Gasteiger partial charge in [-0.15, -0.1) is 22.7 Å². The second kappa shape index (κ2) is 11.2. The lowest BCUT2D eigenvalue weighted by molar-refractivity contribution is 0.0697. The first kappa shape index (κ1) is 25.9. The van der Waals surface area contributed by atoms with Gasteiger partial charge in [0.15, 0.2) is 5.13 Å². The van der Waals surface area contributed by atoms with Crippen molar-refractivity contribution in [2.75, 3.05) is 11.9 Å². The summed E-state index contributed by atoms with van der Waals surface area (Å²) in [6, 6.07) is 11.7. The molecular formula is C28H31N3O3S2. The average molecular weight is 522 g/mol. The highest BCUT2D eigenvalue weighted by atomic mass is 32.1. The van der Waals surface area contributed by atoms with Crippen LogP contribution in [0.5, 0.6) is 5.75 Å². The van der Waals surface area contributed by atoms with Gasteiger partial charge in [-0.1, -0.05) is 45.9 Å². The molecule has 2 N–H and O–H groups in total. The number of carboxylic acid groups (broad SMARTS) is 1. The van der Waals surface area contributed by atoms with Crippen molar-refractivity contribution in [1.29, 1.82) is 0 Å². The molecule has 3 aromatic heterocycles. The molecule has 0 aliphatic carbocycles. The third kappa shape index (κ3) is 6.12. The molecule has 0 amide bonds. The number of thiazole rings is 1. The topological polar surface area (TPSA) is 84.3 Å². The van der Waals surface area contributed by atoms with Crippen molar-refractivity contribution >= 4 is 39.6 Å². The van der Waals surface area contributed by atoms with Crippen molar-refractivity contribution in [3.8, 4) is 27.4 Å². The number of aromatic carboxylic acids is 1. The lowest BCUT2D eigenvalue weighted by Crippen LogP contribution is -2.05. The molecule has 4 aromatic rings. The molecule has 0 saturated heterocycles. The summed E-state index contributed by atoms with van der Waals surface area (Å²) in [6.45, 7) is 11.3. The number of carbonyl (C=O) groups is 1. The number of aryl methyl sites for hydroxylation is 1. The number of ether oxygens (including phenoxy) is 1. The maximum absolute atomic E-state index is 12.0. The Kier molecular flexibility index (Phi) is 8.06. The SMILES string of the molecule is Cc1ccc(-c2nc(Nc3ncc(-c4cccs4)cc3C(=O)O)sc2CC(C)C)cc1OCC(C)C. The highest BCUT2D eigenvalue weighted by Gasteiger charge is 2.19. The van der Waals surface area contributed by atoms with Crippen LogP contribution >= 0.6 is 22.7 Å². The molecular weight excluding hydrogens is 490 g/mol. The Morgan fingerprint density at radius 3 is 2.58 bits per heavy atom. The fourth-order valence-electron chi connectivity index (χ4n) is 3.71. The van der Waals surface area contributed by atoms with E-state index in [0.29, 0.717) is 23.6 Å². The maximum Gasteiger partial charge on any atom is 0.339 e. The van der Waals surface area contributed by atoms with E-state index in [1.165, 1.54) is 11.3 Å². The molecule has 0 spiro atoms. The quantitative estimate of drug-likeness (QED) is 0.220. The molecule has 8 heteroatoms. The molecule has 0 atom stereocenters. The highest BCUT2D eigenvalue weighted by molar-refractivity contribution is 7.16. The molecule has 4 rings (SSSR count). The van der Waals surface area contributed by atoms with Crippen LogP contribution in [0.15, 0.2) is 48.0 Å². The number of pyridine rings is 1. The predicted molar refractivity (Wildman–Crippen MR) is 149 cm³/mol. The number of carboxylic acids is 1. The van der Waals surface area contributed by atoms with Gasteiger partial charge in [0.05, 0.1) is 12.3 Å². The van der Waals surface area contributed by atoms with Crippen LogP contribution in [0.2, 0.25) is 0 Å². The summed E-state index contributed by atoms with van der Waals surface area (Å²) >= 11 is 3.08. The van der Waals surface area contributed by atoms with Gasteiger partial charge in [0.25, 0.3) is 0 Å². The normalized spacial score (nSPS) is 11.3. The van der Waals surface area contributed by atoms with Crippen LogP contribution in [0.4, 0.5) is 10.9 Å². The van der Waals surface area contributed by atoms with Crippen LogP contribution < -0.4 is 10.1 Å². The smallest absolute Gasteiger partial charge is 0.339 e. The summed E-state index contributed by atoms with van der Waals surface area (Å²) < 4.78 is 6.05. The van der Waals surface area contributed by atoms with E-state index < -0.39 is 5.97 Å². The number of nitrogens with zero attached hydrogens (tertiary/aromatic N) is 2. The number of anilines is 2. The number of benzene rings is 1. The molecule has 0 aliphatic rings. The van der Waals surface area contributed by atoms with E-state index in [-0.39, 0.29) is 11.4 Å². The van der Waals surface area contributed by atoms with Crippen molar-refractivity contribution in [2.45, 2.75) is 41.0 Å². The van der Waals surface area contributed by atoms with Crippen molar-refractivity contribution in [2.24, 2.45) is 11.8 Å². The van der Waals surface area contributed by atoms with Crippen LogP contribution in [-0.2, 0) is 6.42 Å². The van der Waals surface area contributed by atoms with Crippen LogP contribution in [0, 0.1) is 18.8 Å². The summed E-state index contributed by atoms with van der Waals surface area (Å²) in [5.74, 6) is 0.981. The number of hydrogen-bond donors (Lipinski definition) is 2. The fourth-order valence-corrected chi connectivity index (χ4v) is 5.61. The molecule has 0 bridgehead atoms. The first-order valence-electron chi connectivity index (χ1n) is 12.0. The molecule has 0 unspecified atom stereocenters. The third-order valence-corrected chi connectivity index (χ3v) is 7.39. The van der Waals surface area contributed by atoms with Gasteiger partial charge in [-0.3, -0.25) is 0 Å². The van der Waals surface area contributed by atoms with Crippen molar-refractivity contribution in [3.63, 3.8) is 0 Å². The zero-order valence-corrected chi connectivity index (χ0v) is 22.8. The Morgan fingerprint density at radius 1 is 1.11 bits per heavy atom. The van der Waals surface area contributed by atoms with Crippen LogP contribution in [-0.4, -0.2) is 27.7 Å². The Hall–Kier alpha value is -3.23. The molecule has 0 radical (unpaired) electrons. The van der Waals surface area contributed by atoms with Crippen molar-refractivity contribution < 1.29 is 14.6 Å². The monoisotopic (exact) mass is 521 g/mol. The molecule has 188 valence electrons. The Bertz CT molecular complexity index is 1340. The summed E-state index contributed by atoms with van der Waals surface area (Å²) in [4.78, 5) is 23.5. The van der Waals surface area contributed by atoms with Gasteiger partial charge in [0, 0.05) is 27.1 Å². The van der Waals surface area contributed by atoms with Gasteiger partial charge in [0.2, 0.25) is 0 Å². The molecule has 1 aromatic carbocycles. The number of nitrogens with one attached hydrogen (secondary N) is 1. The summed E-state index contributed by atoms with van der Waals surface area (Å²) in [6.07, 6.45) is 2.56. The fraction of sp³-hybridized carbons (Fsp3) is 0.321. The minimum Gasteiger partial charge on any atom is -0.493 e. The van der Waals surface area contributed by atoms with E-state index in [0.717, 1.165) is 44.3 Å². The number of hydrogen-bond acceptors (Lipinski definition) is 7. The van der Waals surface area contributed by atoms with Gasteiger partial charge in [0.1, 0.15) is 17.1 Å². The second-order valence-electron chi connectivity index (χ2n) is 9.60. The number of rotatable bonds is 10. The Labute approximate surface area is 220 Å². The van der Waals surface area contributed by atoms with Crippen LogP contribution in [0.25, 0.3) is 21.7 Å². The summed E-state index contributed by atoms with van der Waals surface area (Å²) in [7, 11) is 0. The van der Waals surface area contributed by atoms with Crippen molar-refractivity contribution in [1.82, 2.24) is 9.97 Å². The van der Waals surface area contributed by atoms with Gasteiger partial charge < -0.3 is 15.2 Å². The van der Waals surface area contributed by atoms with Gasteiger partial charge in [-0.25, -0.2) is 14.8 Å². The third-order valence-electron chi connectivity index (χ3n) is 5.47. The second-order valence-corrected chi connectivity index (χ2v) is 11.6. The number of aromatic nitrogens is 2. The van der Waals surface area contributed by atoms with E-state index in [2.05, 4.69) is 56.2 Å². The standard InChI is InChI=1S/C28H31N3O3S2/c1-16(2)11-24-25(19-9-8-18(5)22(13-19)34-15-17(3)4)30-28(36-24)31-26-21(27(32)33)12-20(14-29-26)23-7-6-10-35-23/h6-10,12-14,16-17H,11,15H2,1-5H3,(H,32,33)(H,29,30,31). The lowest BCUT2D eigenvalue weighted by Gasteiger charge is -2.13. The summed E-state index contributed by atoms with van der Waals surface area (Å²) in [5.41, 5.74) is 3.85.